The molecular weight excluding hydrogens is 301 g/mol. The molecule has 0 heterocycles. The van der Waals surface area contributed by atoms with Crippen molar-refractivity contribution < 1.29 is 22.8 Å². The van der Waals surface area contributed by atoms with E-state index in [4.69, 9.17) is 0 Å². The first-order valence-corrected chi connectivity index (χ1v) is 6.17. The highest BCUT2D eigenvalue weighted by atomic mass is 19.4. The molecule has 0 aliphatic carbocycles. The predicted molar refractivity (Wildman–Crippen MR) is 73.5 cm³/mol. The highest BCUT2D eigenvalue weighted by molar-refractivity contribution is 5.49. The zero-order valence-corrected chi connectivity index (χ0v) is 11.1. The zero-order chi connectivity index (χ0) is 16.2. The molecule has 2 aromatic carbocycles. The Morgan fingerprint density at radius 2 is 1.73 bits per heavy atom. The first kappa shape index (κ1) is 15.6. The molecular formula is C14H11F3N2O3. The van der Waals surface area contributed by atoms with Crippen molar-refractivity contribution in [1.82, 2.24) is 0 Å². The van der Waals surface area contributed by atoms with Crippen molar-refractivity contribution in [2.75, 3.05) is 5.32 Å². The van der Waals surface area contributed by atoms with Crippen molar-refractivity contribution in [2.45, 2.75) is 12.9 Å². The Kier molecular flexibility index (Phi) is 4.50. The molecule has 1 N–H and O–H groups in total. The summed E-state index contributed by atoms with van der Waals surface area (Å²) in [6.45, 7) is 0.177. The van der Waals surface area contributed by atoms with Gasteiger partial charge >= 0.3 is 6.36 Å². The van der Waals surface area contributed by atoms with Crippen LogP contribution in [0.3, 0.4) is 0 Å². The number of ether oxygens (including phenoxy) is 1. The Morgan fingerprint density at radius 1 is 1.09 bits per heavy atom. The van der Waals surface area contributed by atoms with Gasteiger partial charge in [-0.05, 0) is 24.3 Å². The lowest BCUT2D eigenvalue weighted by Gasteiger charge is -2.10. The van der Waals surface area contributed by atoms with Gasteiger partial charge in [0, 0.05) is 23.9 Å². The Bertz CT molecular complexity index is 657. The minimum Gasteiger partial charge on any atom is -0.406 e. The van der Waals surface area contributed by atoms with Crippen LogP contribution in [-0.2, 0) is 6.54 Å². The minimum absolute atomic E-state index is 0.0213. The third-order valence-electron chi connectivity index (χ3n) is 2.76. The third kappa shape index (κ3) is 4.37. The monoisotopic (exact) mass is 312 g/mol. The first-order valence-electron chi connectivity index (χ1n) is 6.17. The number of nitrogens with one attached hydrogen (secondary N) is 1. The van der Waals surface area contributed by atoms with Gasteiger partial charge in [-0.15, -0.1) is 13.2 Å². The molecule has 0 bridgehead atoms. The van der Waals surface area contributed by atoms with Crippen LogP contribution < -0.4 is 10.1 Å². The van der Waals surface area contributed by atoms with E-state index >= 15 is 0 Å². The number of nitro groups is 1. The Balaban J connectivity index is 2.02. The zero-order valence-electron chi connectivity index (χ0n) is 11.1. The number of nitrogens with zero attached hydrogens (tertiary/aromatic N) is 1. The van der Waals surface area contributed by atoms with Crippen LogP contribution in [0.5, 0.6) is 5.75 Å². The van der Waals surface area contributed by atoms with Gasteiger partial charge in [0.25, 0.3) is 5.69 Å². The second kappa shape index (κ2) is 6.33. The lowest BCUT2D eigenvalue weighted by Crippen LogP contribution is -2.17. The molecule has 0 amide bonds. The lowest BCUT2D eigenvalue weighted by atomic mass is 10.2. The minimum atomic E-state index is -4.74. The molecule has 0 fully saturated rings. The maximum atomic E-state index is 12.0. The summed E-state index contributed by atoms with van der Waals surface area (Å²) in [6, 6.07) is 11.3. The fraction of sp³-hybridized carbons (Fsp3) is 0.143. The summed E-state index contributed by atoms with van der Waals surface area (Å²) in [5.41, 5.74) is 0.975. The predicted octanol–water partition coefficient (Wildman–Crippen LogP) is 4.11. The molecule has 0 aromatic heterocycles. The van der Waals surface area contributed by atoms with E-state index in [9.17, 15) is 23.3 Å². The third-order valence-corrected chi connectivity index (χ3v) is 2.76. The number of hydrogen-bond donors (Lipinski definition) is 1. The van der Waals surface area contributed by atoms with Crippen LogP contribution in [0.15, 0.2) is 48.5 Å². The molecule has 0 saturated heterocycles. The van der Waals surface area contributed by atoms with Gasteiger partial charge in [-0.1, -0.05) is 18.2 Å². The van der Waals surface area contributed by atoms with Gasteiger partial charge in [-0.25, -0.2) is 0 Å². The molecule has 2 rings (SSSR count). The molecule has 0 radical (unpaired) electrons. The molecule has 8 heteroatoms. The SMILES string of the molecule is O=[N+]([O-])c1ccccc1CNc1ccc(OC(F)(F)F)cc1. The number of para-hydroxylation sites is 1. The van der Waals surface area contributed by atoms with E-state index in [2.05, 4.69) is 10.1 Å². The van der Waals surface area contributed by atoms with E-state index in [1.807, 2.05) is 0 Å². The maximum absolute atomic E-state index is 12.0. The topological polar surface area (TPSA) is 64.4 Å². The fourth-order valence-corrected chi connectivity index (χ4v) is 1.81. The summed E-state index contributed by atoms with van der Waals surface area (Å²) in [5.74, 6) is -0.330. The van der Waals surface area contributed by atoms with Crippen molar-refractivity contribution in [3.8, 4) is 5.75 Å². The first-order chi connectivity index (χ1) is 10.3. The summed E-state index contributed by atoms with van der Waals surface area (Å²) >= 11 is 0. The van der Waals surface area contributed by atoms with Crippen LogP contribution in [0, 0.1) is 10.1 Å². The number of benzene rings is 2. The van der Waals surface area contributed by atoms with Crippen LogP contribution in [0.1, 0.15) is 5.56 Å². The fourth-order valence-electron chi connectivity index (χ4n) is 1.81. The summed E-state index contributed by atoms with van der Waals surface area (Å²) in [5, 5.41) is 13.8. The highest BCUT2D eigenvalue weighted by Gasteiger charge is 2.30. The van der Waals surface area contributed by atoms with Crippen molar-refractivity contribution in [3.05, 3.63) is 64.2 Å². The smallest absolute Gasteiger partial charge is 0.406 e. The molecule has 0 aliphatic rings. The number of anilines is 1. The van der Waals surface area contributed by atoms with Gasteiger partial charge in [0.1, 0.15) is 5.75 Å². The molecule has 0 atom stereocenters. The largest absolute Gasteiger partial charge is 0.573 e. The number of alkyl halides is 3. The lowest BCUT2D eigenvalue weighted by molar-refractivity contribution is -0.385. The van der Waals surface area contributed by atoms with Crippen LogP contribution in [0.2, 0.25) is 0 Å². The Morgan fingerprint density at radius 3 is 2.32 bits per heavy atom. The average Bonchev–Trinajstić information content (AvgIpc) is 2.45. The van der Waals surface area contributed by atoms with Gasteiger partial charge in [0.2, 0.25) is 0 Å². The summed E-state index contributed by atoms with van der Waals surface area (Å²) in [7, 11) is 0. The van der Waals surface area contributed by atoms with Gasteiger partial charge in [-0.2, -0.15) is 0 Å². The molecule has 2 aromatic rings. The van der Waals surface area contributed by atoms with E-state index in [0.29, 0.717) is 11.3 Å². The molecule has 0 saturated carbocycles. The van der Waals surface area contributed by atoms with Crippen LogP contribution >= 0.6 is 0 Å². The number of hydrogen-bond acceptors (Lipinski definition) is 4. The average molecular weight is 312 g/mol. The molecule has 0 unspecified atom stereocenters. The van der Waals surface area contributed by atoms with E-state index in [1.54, 1.807) is 18.2 Å². The van der Waals surface area contributed by atoms with Gasteiger partial charge in [-0.3, -0.25) is 10.1 Å². The normalized spacial score (nSPS) is 11.0. The quantitative estimate of drug-likeness (QED) is 0.666. The van der Waals surface area contributed by atoms with E-state index in [1.165, 1.54) is 18.2 Å². The van der Waals surface area contributed by atoms with Crippen LogP contribution in [0.4, 0.5) is 24.5 Å². The van der Waals surface area contributed by atoms with Crippen LogP contribution in [0.25, 0.3) is 0 Å². The number of halogens is 3. The van der Waals surface area contributed by atoms with E-state index < -0.39 is 11.3 Å². The van der Waals surface area contributed by atoms with Crippen molar-refractivity contribution in [2.24, 2.45) is 0 Å². The molecule has 0 aliphatic heterocycles. The van der Waals surface area contributed by atoms with E-state index in [0.717, 1.165) is 12.1 Å². The second-order valence-corrected chi connectivity index (χ2v) is 4.31. The number of rotatable bonds is 5. The molecule has 22 heavy (non-hydrogen) atoms. The van der Waals surface area contributed by atoms with Crippen molar-refractivity contribution >= 4 is 11.4 Å². The van der Waals surface area contributed by atoms with Gasteiger partial charge in [0.15, 0.2) is 0 Å². The summed E-state index contributed by atoms with van der Waals surface area (Å²) < 4.78 is 39.8. The van der Waals surface area contributed by atoms with Crippen molar-refractivity contribution in [3.63, 3.8) is 0 Å². The van der Waals surface area contributed by atoms with Gasteiger partial charge in [0.05, 0.1) is 4.92 Å². The van der Waals surface area contributed by atoms with E-state index in [-0.39, 0.29) is 18.0 Å². The summed E-state index contributed by atoms with van der Waals surface area (Å²) in [4.78, 5) is 10.4. The Labute approximate surface area is 123 Å². The maximum Gasteiger partial charge on any atom is 0.573 e. The highest BCUT2D eigenvalue weighted by Crippen LogP contribution is 2.24. The molecule has 5 nitrogen and oxygen atoms in total. The number of nitro benzene ring substituents is 1. The second-order valence-electron chi connectivity index (χ2n) is 4.31. The van der Waals surface area contributed by atoms with Crippen molar-refractivity contribution in [1.29, 1.82) is 0 Å². The summed E-state index contributed by atoms with van der Waals surface area (Å²) in [6.07, 6.45) is -4.74. The molecule has 0 spiro atoms. The standard InChI is InChI=1S/C14H11F3N2O3/c15-14(16,17)22-12-7-5-11(6-8-12)18-9-10-3-1-2-4-13(10)19(20)21/h1-8,18H,9H2. The van der Waals surface area contributed by atoms with Gasteiger partial charge < -0.3 is 10.1 Å². The molecule has 116 valence electrons. The Hall–Kier alpha value is -2.77. The van der Waals surface area contributed by atoms with Crippen LogP contribution in [-0.4, -0.2) is 11.3 Å².